The van der Waals surface area contributed by atoms with E-state index in [2.05, 4.69) is 20.6 Å². The maximum Gasteiger partial charge on any atom is 0.341 e. The number of anilines is 3. The van der Waals surface area contributed by atoms with E-state index in [1.807, 2.05) is 13.0 Å². The van der Waals surface area contributed by atoms with E-state index in [0.29, 0.717) is 23.6 Å². The third-order valence-corrected chi connectivity index (χ3v) is 3.35. The molecule has 2 amide bonds. The predicted octanol–water partition coefficient (Wildman–Crippen LogP) is 2.56. The van der Waals surface area contributed by atoms with E-state index >= 15 is 0 Å². The van der Waals surface area contributed by atoms with Gasteiger partial charge in [-0.1, -0.05) is 0 Å². The monoisotopic (exact) mass is 343 g/mol. The maximum atomic E-state index is 12.2. The quantitative estimate of drug-likeness (QED) is 0.783. The Morgan fingerprint density at radius 3 is 2.72 bits per heavy atom. The van der Waals surface area contributed by atoms with Gasteiger partial charge < -0.3 is 15.0 Å². The Morgan fingerprint density at radius 1 is 1.28 bits per heavy atom. The second-order valence-electron chi connectivity index (χ2n) is 5.06. The van der Waals surface area contributed by atoms with Crippen molar-refractivity contribution in [2.24, 2.45) is 0 Å². The van der Waals surface area contributed by atoms with Gasteiger partial charge in [-0.2, -0.15) is 0 Å². The Labute approximate surface area is 146 Å². The van der Waals surface area contributed by atoms with E-state index in [9.17, 15) is 9.59 Å². The Morgan fingerprint density at radius 2 is 2.08 bits per heavy atom. The van der Waals surface area contributed by atoms with Crippen molar-refractivity contribution in [3.05, 3.63) is 42.4 Å². The normalized spacial score (nSPS) is 10.0. The van der Waals surface area contributed by atoms with E-state index in [1.165, 1.54) is 6.20 Å². The van der Waals surface area contributed by atoms with Crippen molar-refractivity contribution in [3.8, 4) is 0 Å². The van der Waals surface area contributed by atoms with Crippen molar-refractivity contribution in [2.45, 2.75) is 13.8 Å². The molecule has 0 saturated carbocycles. The van der Waals surface area contributed by atoms with E-state index in [0.717, 1.165) is 5.69 Å². The van der Waals surface area contributed by atoms with Crippen LogP contribution in [-0.4, -0.2) is 42.2 Å². The van der Waals surface area contributed by atoms with Crippen molar-refractivity contribution in [3.63, 3.8) is 0 Å². The summed E-state index contributed by atoms with van der Waals surface area (Å²) in [6, 6.07) is 4.91. The number of hydrogen-bond acceptors (Lipinski definition) is 6. The molecular formula is C17H21N5O3. The van der Waals surface area contributed by atoms with Crippen molar-refractivity contribution in [1.82, 2.24) is 15.3 Å². The lowest BCUT2D eigenvalue weighted by molar-refractivity contribution is 0.0527. The second kappa shape index (κ2) is 8.62. The number of rotatable bonds is 6. The lowest BCUT2D eigenvalue weighted by Gasteiger charge is -2.22. The second-order valence-corrected chi connectivity index (χ2v) is 5.06. The van der Waals surface area contributed by atoms with E-state index in [4.69, 9.17) is 4.74 Å². The molecule has 2 heterocycles. The van der Waals surface area contributed by atoms with Gasteiger partial charge in [-0.3, -0.25) is 10.3 Å². The van der Waals surface area contributed by atoms with Crippen LogP contribution in [0.3, 0.4) is 0 Å². The summed E-state index contributed by atoms with van der Waals surface area (Å²) in [7, 11) is 1.80. The summed E-state index contributed by atoms with van der Waals surface area (Å²) in [5, 5.41) is 5.26. The highest BCUT2D eigenvalue weighted by molar-refractivity contribution is 5.98. The van der Waals surface area contributed by atoms with E-state index < -0.39 is 5.97 Å². The highest BCUT2D eigenvalue weighted by atomic mass is 16.5. The lowest BCUT2D eigenvalue weighted by Crippen LogP contribution is -2.28. The number of ether oxygens (including phenoxy) is 1. The fourth-order valence-electron chi connectivity index (χ4n) is 2.17. The highest BCUT2D eigenvalue weighted by Gasteiger charge is 2.19. The van der Waals surface area contributed by atoms with Crippen LogP contribution < -0.4 is 15.5 Å². The van der Waals surface area contributed by atoms with Gasteiger partial charge in [0.15, 0.2) is 0 Å². The average Bonchev–Trinajstić information content (AvgIpc) is 2.62. The lowest BCUT2D eigenvalue weighted by atomic mass is 10.2. The molecule has 0 spiro atoms. The Kier molecular flexibility index (Phi) is 6.27. The summed E-state index contributed by atoms with van der Waals surface area (Å²) < 4.78 is 5.09. The van der Waals surface area contributed by atoms with Crippen LogP contribution in [0, 0.1) is 0 Å². The smallest absolute Gasteiger partial charge is 0.341 e. The SMILES string of the molecule is CCNC(=O)Nc1cc(N(C)c2cccnc2)c(C(=O)OCC)cn1. The van der Waals surface area contributed by atoms with Gasteiger partial charge in [0.25, 0.3) is 0 Å². The van der Waals surface area contributed by atoms with Crippen LogP contribution >= 0.6 is 0 Å². The molecule has 2 aromatic rings. The zero-order chi connectivity index (χ0) is 18.2. The summed E-state index contributed by atoms with van der Waals surface area (Å²) in [5.41, 5.74) is 1.63. The molecule has 0 fully saturated rings. The molecule has 0 bridgehead atoms. The van der Waals surface area contributed by atoms with Gasteiger partial charge in [-0.05, 0) is 26.0 Å². The standard InChI is InChI=1S/C17H21N5O3/c1-4-19-17(24)21-15-9-14(13(11-20-15)16(23)25-5-2)22(3)12-7-6-8-18-10-12/h6-11H,4-5H2,1-3H3,(H2,19,20,21,24). The van der Waals surface area contributed by atoms with Gasteiger partial charge in [0.1, 0.15) is 11.4 Å². The topological polar surface area (TPSA) is 96.5 Å². The molecular weight excluding hydrogens is 322 g/mol. The van der Waals surface area contributed by atoms with Crippen molar-refractivity contribution >= 4 is 29.2 Å². The zero-order valence-corrected chi connectivity index (χ0v) is 14.4. The first-order chi connectivity index (χ1) is 12.1. The number of urea groups is 1. The van der Waals surface area contributed by atoms with Crippen LogP contribution in [0.2, 0.25) is 0 Å². The number of amides is 2. The minimum absolute atomic E-state index is 0.258. The molecule has 2 aromatic heterocycles. The molecule has 8 nitrogen and oxygen atoms in total. The molecule has 0 aliphatic carbocycles. The largest absolute Gasteiger partial charge is 0.462 e. The number of aromatic nitrogens is 2. The highest BCUT2D eigenvalue weighted by Crippen LogP contribution is 2.28. The minimum atomic E-state index is -0.481. The van der Waals surface area contributed by atoms with Gasteiger partial charge in [0.05, 0.1) is 24.2 Å². The number of hydrogen-bond donors (Lipinski definition) is 2. The van der Waals surface area contributed by atoms with Gasteiger partial charge >= 0.3 is 12.0 Å². The molecule has 0 aliphatic rings. The molecule has 2 N–H and O–H groups in total. The molecule has 0 atom stereocenters. The van der Waals surface area contributed by atoms with Gasteiger partial charge in [0, 0.05) is 32.1 Å². The third-order valence-electron chi connectivity index (χ3n) is 3.35. The van der Waals surface area contributed by atoms with Gasteiger partial charge in [0.2, 0.25) is 0 Å². The summed E-state index contributed by atoms with van der Waals surface area (Å²) in [6.45, 7) is 4.31. The molecule has 0 saturated heterocycles. The molecule has 0 radical (unpaired) electrons. The summed E-state index contributed by atoms with van der Waals surface area (Å²) in [6.07, 6.45) is 4.73. The molecule has 0 unspecified atom stereocenters. The number of nitrogens with one attached hydrogen (secondary N) is 2. The van der Waals surface area contributed by atoms with E-state index in [1.54, 1.807) is 43.4 Å². The summed E-state index contributed by atoms with van der Waals surface area (Å²) >= 11 is 0. The number of nitrogens with zero attached hydrogens (tertiary/aromatic N) is 3. The van der Waals surface area contributed by atoms with Gasteiger partial charge in [-0.25, -0.2) is 14.6 Å². The first-order valence-electron chi connectivity index (χ1n) is 7.92. The molecule has 132 valence electrons. The Balaban J connectivity index is 2.40. The van der Waals surface area contributed by atoms with Crippen LogP contribution in [0.5, 0.6) is 0 Å². The zero-order valence-electron chi connectivity index (χ0n) is 14.4. The van der Waals surface area contributed by atoms with Crippen LogP contribution in [0.1, 0.15) is 24.2 Å². The van der Waals surface area contributed by atoms with Crippen LogP contribution in [0.4, 0.5) is 22.0 Å². The molecule has 0 aliphatic heterocycles. The fraction of sp³-hybridized carbons (Fsp3) is 0.294. The summed E-state index contributed by atoms with van der Waals surface area (Å²) in [5.74, 6) is -0.157. The number of esters is 1. The van der Waals surface area contributed by atoms with Crippen LogP contribution in [0.25, 0.3) is 0 Å². The minimum Gasteiger partial charge on any atom is -0.462 e. The average molecular weight is 343 g/mol. The van der Waals surface area contributed by atoms with Crippen molar-refractivity contribution in [1.29, 1.82) is 0 Å². The first kappa shape index (κ1) is 18.2. The van der Waals surface area contributed by atoms with Gasteiger partial charge in [-0.15, -0.1) is 0 Å². The number of pyridine rings is 2. The van der Waals surface area contributed by atoms with Crippen LogP contribution in [0.15, 0.2) is 36.8 Å². The predicted molar refractivity (Wildman–Crippen MR) is 95.2 cm³/mol. The van der Waals surface area contributed by atoms with Crippen LogP contribution in [-0.2, 0) is 4.74 Å². The van der Waals surface area contributed by atoms with Crippen molar-refractivity contribution in [2.75, 3.05) is 30.4 Å². The van der Waals surface area contributed by atoms with Crippen molar-refractivity contribution < 1.29 is 14.3 Å². The fourth-order valence-corrected chi connectivity index (χ4v) is 2.17. The first-order valence-corrected chi connectivity index (χ1v) is 7.92. The number of carbonyl (C=O) groups excluding carboxylic acids is 2. The molecule has 2 rings (SSSR count). The maximum absolute atomic E-state index is 12.2. The Hall–Kier alpha value is -3.16. The molecule has 0 aromatic carbocycles. The third kappa shape index (κ3) is 4.66. The van der Waals surface area contributed by atoms with E-state index in [-0.39, 0.29) is 12.6 Å². The number of carbonyl (C=O) groups is 2. The molecule has 25 heavy (non-hydrogen) atoms. The molecule has 8 heteroatoms. The Bertz CT molecular complexity index is 736. The summed E-state index contributed by atoms with van der Waals surface area (Å²) in [4.78, 5) is 33.9.